The molecule has 2 unspecified atom stereocenters. The Morgan fingerprint density at radius 2 is 0.571 bits per heavy atom. The number of hydrogen-bond acceptors (Lipinski definition) is 3. The highest BCUT2D eigenvalue weighted by atomic mass is 16.3. The van der Waals surface area contributed by atoms with E-state index in [4.69, 9.17) is 0 Å². The number of aliphatic hydroxyl groups excluding tert-OH is 2. The van der Waals surface area contributed by atoms with E-state index in [9.17, 15) is 15.0 Å². The van der Waals surface area contributed by atoms with E-state index in [1.807, 2.05) is 0 Å². The van der Waals surface area contributed by atoms with Gasteiger partial charge in [-0.25, -0.2) is 0 Å². The normalized spacial score (nSPS) is 13.1. The Balaban J connectivity index is 3.41. The third-order valence-corrected chi connectivity index (χ3v) is 16.0. The minimum Gasteiger partial charge on any atom is -0.394 e. The number of rotatable bonds is 64. The maximum absolute atomic E-state index is 12.6. The zero-order chi connectivity index (χ0) is 55.5. The van der Waals surface area contributed by atoms with Crippen LogP contribution >= 0.6 is 0 Å². The van der Waals surface area contributed by atoms with Gasteiger partial charge in [-0.3, -0.25) is 4.79 Å². The second-order valence-electron chi connectivity index (χ2n) is 23.6. The van der Waals surface area contributed by atoms with Crippen LogP contribution in [-0.2, 0) is 4.79 Å². The molecular formula is C73H135NO3. The van der Waals surface area contributed by atoms with Crippen LogP contribution in [0.25, 0.3) is 0 Å². The first-order valence-electron chi connectivity index (χ1n) is 34.6. The molecule has 4 heteroatoms. The van der Waals surface area contributed by atoms with Gasteiger partial charge in [0, 0.05) is 6.42 Å². The summed E-state index contributed by atoms with van der Waals surface area (Å²) in [7, 11) is 0. The largest absolute Gasteiger partial charge is 0.394 e. The first kappa shape index (κ1) is 74.8. The Hall–Kier alpha value is -2.17. The van der Waals surface area contributed by atoms with Gasteiger partial charge in [0.2, 0.25) is 5.91 Å². The Labute approximate surface area is 482 Å². The van der Waals surface area contributed by atoms with Gasteiger partial charge < -0.3 is 15.5 Å². The van der Waals surface area contributed by atoms with Crippen molar-refractivity contribution in [1.82, 2.24) is 5.32 Å². The molecule has 0 aliphatic heterocycles. The van der Waals surface area contributed by atoms with Crippen LogP contribution in [0.1, 0.15) is 367 Å². The summed E-state index contributed by atoms with van der Waals surface area (Å²) in [6.07, 6.45) is 98.1. The van der Waals surface area contributed by atoms with Gasteiger partial charge in [-0.15, -0.1) is 0 Å². The molecule has 0 heterocycles. The highest BCUT2D eigenvalue weighted by Gasteiger charge is 2.20. The second-order valence-corrected chi connectivity index (χ2v) is 23.6. The Morgan fingerprint density at radius 1 is 0.325 bits per heavy atom. The smallest absolute Gasteiger partial charge is 0.220 e. The predicted molar refractivity (Wildman–Crippen MR) is 345 cm³/mol. The van der Waals surface area contributed by atoms with Crippen molar-refractivity contribution in [2.45, 2.75) is 379 Å². The summed E-state index contributed by atoms with van der Waals surface area (Å²) in [6, 6.07) is -0.538. The van der Waals surface area contributed by atoms with Crippen LogP contribution < -0.4 is 5.32 Å². The first-order chi connectivity index (χ1) is 38.2. The molecule has 0 saturated carbocycles. The molecule has 0 saturated heterocycles. The lowest BCUT2D eigenvalue weighted by atomic mass is 10.0. The fraction of sp³-hybridized carbons (Fsp3) is 0.822. The minimum absolute atomic E-state index is 0.0246. The summed E-state index contributed by atoms with van der Waals surface area (Å²) < 4.78 is 0. The van der Waals surface area contributed by atoms with Crippen molar-refractivity contribution in [3.63, 3.8) is 0 Å². The van der Waals surface area contributed by atoms with Gasteiger partial charge in [-0.2, -0.15) is 0 Å². The van der Waals surface area contributed by atoms with E-state index in [0.29, 0.717) is 12.8 Å². The predicted octanol–water partition coefficient (Wildman–Crippen LogP) is 23.7. The third-order valence-electron chi connectivity index (χ3n) is 16.0. The molecule has 1 amide bonds. The minimum atomic E-state index is -0.661. The van der Waals surface area contributed by atoms with Crippen LogP contribution in [0.2, 0.25) is 0 Å². The molecule has 0 aliphatic rings. The van der Waals surface area contributed by atoms with E-state index in [0.717, 1.165) is 64.2 Å². The number of unbranched alkanes of at least 4 members (excludes halogenated alkanes) is 45. The molecule has 0 radical (unpaired) electrons. The van der Waals surface area contributed by atoms with E-state index in [-0.39, 0.29) is 12.5 Å². The molecule has 0 aliphatic carbocycles. The molecule has 0 rings (SSSR count). The fourth-order valence-corrected chi connectivity index (χ4v) is 10.8. The zero-order valence-corrected chi connectivity index (χ0v) is 52.0. The van der Waals surface area contributed by atoms with E-state index in [1.165, 1.54) is 276 Å². The average molecular weight is 1070 g/mol. The summed E-state index contributed by atoms with van der Waals surface area (Å²) in [6.45, 7) is 4.28. The van der Waals surface area contributed by atoms with Crippen molar-refractivity contribution in [3.05, 3.63) is 72.9 Å². The molecule has 0 aromatic heterocycles. The summed E-state index contributed by atoms with van der Waals surface area (Å²) in [5, 5.41) is 23.5. The standard InChI is InChI=1S/C73H135NO3/c1-3-5-7-9-11-13-15-17-19-21-23-25-27-29-30-31-32-33-34-35-36-37-38-39-40-41-42-43-44-45-47-49-51-53-55-57-59-61-63-65-67-69-73(77)74-71(70-75)72(76)68-66-64-62-60-58-56-54-52-50-48-46-28-26-24-22-20-18-16-14-12-10-8-6-4-2/h5,7,11,13,17,19,23,25,29-30,32-33,71-72,75-76H,3-4,6,8-10,12,14-16,18,20-22,24,26-28,31,34-70H2,1-2H3,(H,74,77)/b7-5-,13-11-,19-17-,25-23-,30-29-,33-32-. The van der Waals surface area contributed by atoms with Gasteiger partial charge in [0.15, 0.2) is 0 Å². The number of hydrogen-bond donors (Lipinski definition) is 3. The molecule has 3 N–H and O–H groups in total. The topological polar surface area (TPSA) is 69.6 Å². The van der Waals surface area contributed by atoms with Gasteiger partial charge in [-0.05, 0) is 64.2 Å². The molecule has 77 heavy (non-hydrogen) atoms. The lowest BCUT2D eigenvalue weighted by Gasteiger charge is -2.22. The highest BCUT2D eigenvalue weighted by molar-refractivity contribution is 5.76. The van der Waals surface area contributed by atoms with Gasteiger partial charge in [0.1, 0.15) is 0 Å². The van der Waals surface area contributed by atoms with Crippen LogP contribution in [0.3, 0.4) is 0 Å². The second kappa shape index (κ2) is 68.1. The number of amides is 1. The molecular weight excluding hydrogens is 939 g/mol. The third kappa shape index (κ3) is 64.5. The van der Waals surface area contributed by atoms with E-state index in [1.54, 1.807) is 0 Å². The van der Waals surface area contributed by atoms with Crippen molar-refractivity contribution < 1.29 is 15.0 Å². The summed E-state index contributed by atoms with van der Waals surface area (Å²) in [4.78, 5) is 12.6. The summed E-state index contributed by atoms with van der Waals surface area (Å²) in [5.41, 5.74) is 0. The molecule has 2 atom stereocenters. The van der Waals surface area contributed by atoms with Crippen molar-refractivity contribution in [3.8, 4) is 0 Å². The first-order valence-corrected chi connectivity index (χ1v) is 34.6. The number of nitrogens with one attached hydrogen (secondary N) is 1. The number of allylic oxidation sites excluding steroid dienone is 12. The summed E-state index contributed by atoms with van der Waals surface area (Å²) >= 11 is 0. The van der Waals surface area contributed by atoms with E-state index < -0.39 is 12.1 Å². The van der Waals surface area contributed by atoms with Crippen molar-refractivity contribution in [1.29, 1.82) is 0 Å². The molecule has 0 bridgehead atoms. The zero-order valence-electron chi connectivity index (χ0n) is 52.0. The van der Waals surface area contributed by atoms with Crippen LogP contribution in [0, 0.1) is 0 Å². The maximum atomic E-state index is 12.6. The molecule has 0 aromatic rings. The highest BCUT2D eigenvalue weighted by Crippen LogP contribution is 2.19. The number of carbonyl (C=O) groups excluding carboxylic acids is 1. The quantitative estimate of drug-likeness (QED) is 0.0420. The van der Waals surface area contributed by atoms with E-state index >= 15 is 0 Å². The van der Waals surface area contributed by atoms with Crippen molar-refractivity contribution >= 4 is 5.91 Å². The SMILES string of the molecule is CC/C=C\C/C=C\C/C=C\C/C=C\C/C=C\C/C=C\CCCCCCCCCCCCCCCCCCCCCCCCC(=O)NC(CO)C(O)CCCCCCCCCCCCCCCCCCCCCCCCCC. The number of aliphatic hydroxyl groups is 2. The van der Waals surface area contributed by atoms with Crippen LogP contribution in [0.15, 0.2) is 72.9 Å². The number of carbonyl (C=O) groups is 1. The molecule has 4 nitrogen and oxygen atoms in total. The average Bonchev–Trinajstić information content (AvgIpc) is 3.43. The molecule has 450 valence electrons. The van der Waals surface area contributed by atoms with Crippen molar-refractivity contribution in [2.24, 2.45) is 0 Å². The van der Waals surface area contributed by atoms with Gasteiger partial charge in [-0.1, -0.05) is 369 Å². The van der Waals surface area contributed by atoms with Gasteiger partial charge in [0.25, 0.3) is 0 Å². The lowest BCUT2D eigenvalue weighted by molar-refractivity contribution is -0.123. The maximum Gasteiger partial charge on any atom is 0.220 e. The van der Waals surface area contributed by atoms with Gasteiger partial charge >= 0.3 is 0 Å². The molecule has 0 aromatic carbocycles. The fourth-order valence-electron chi connectivity index (χ4n) is 10.8. The monoisotopic (exact) mass is 1070 g/mol. The van der Waals surface area contributed by atoms with E-state index in [2.05, 4.69) is 92.1 Å². The van der Waals surface area contributed by atoms with Crippen molar-refractivity contribution in [2.75, 3.05) is 6.61 Å². The van der Waals surface area contributed by atoms with Crippen LogP contribution in [0.4, 0.5) is 0 Å². The van der Waals surface area contributed by atoms with Gasteiger partial charge in [0.05, 0.1) is 18.8 Å². The Morgan fingerprint density at radius 3 is 0.857 bits per heavy atom. The van der Waals surface area contributed by atoms with Crippen LogP contribution in [0.5, 0.6) is 0 Å². The van der Waals surface area contributed by atoms with Crippen LogP contribution in [-0.4, -0.2) is 34.9 Å². The molecule has 0 fully saturated rings. The Bertz CT molecular complexity index is 1310. The Kier molecular flexibility index (Phi) is 66.2. The lowest BCUT2D eigenvalue weighted by Crippen LogP contribution is -2.45. The molecule has 0 spiro atoms. The summed E-state index contributed by atoms with van der Waals surface area (Å²) in [5.74, 6) is -0.0246.